The summed E-state index contributed by atoms with van der Waals surface area (Å²) in [6, 6.07) is 5.32. The number of carbonyl (C=O) groups excluding carboxylic acids is 2. The van der Waals surface area contributed by atoms with Crippen LogP contribution in [-0.4, -0.2) is 29.5 Å². The third-order valence-corrected chi connectivity index (χ3v) is 3.38. The molecule has 2 unspecified atom stereocenters. The van der Waals surface area contributed by atoms with E-state index in [1.54, 1.807) is 6.92 Å². The number of nitrogens with one attached hydrogen (secondary N) is 2. The second kappa shape index (κ2) is 8.78. The highest BCUT2D eigenvalue weighted by Crippen LogP contribution is 2.19. The number of benzene rings is 1. The van der Waals surface area contributed by atoms with E-state index in [0.717, 1.165) is 0 Å². The molecule has 0 bridgehead atoms. The first-order valence-corrected chi connectivity index (χ1v) is 8.06. The fourth-order valence-corrected chi connectivity index (χ4v) is 2.26. The van der Waals surface area contributed by atoms with Gasteiger partial charge in [-0.25, -0.2) is 4.39 Å². The number of carbonyl (C=O) groups is 2. The Morgan fingerprint density at radius 3 is 2.29 bits per heavy atom. The van der Waals surface area contributed by atoms with Crippen LogP contribution in [0.3, 0.4) is 0 Å². The number of aliphatic hydroxyl groups is 1. The summed E-state index contributed by atoms with van der Waals surface area (Å²) in [5.41, 5.74) is 0.462. The van der Waals surface area contributed by atoms with Crippen LogP contribution < -0.4 is 10.6 Å². The van der Waals surface area contributed by atoms with E-state index < -0.39 is 6.10 Å². The van der Waals surface area contributed by atoms with E-state index in [2.05, 4.69) is 10.6 Å². The van der Waals surface area contributed by atoms with E-state index >= 15 is 0 Å². The van der Waals surface area contributed by atoms with Gasteiger partial charge in [-0.3, -0.25) is 9.59 Å². The Bertz CT molecular complexity index is 552. The van der Waals surface area contributed by atoms with Crippen molar-refractivity contribution in [1.29, 1.82) is 0 Å². The smallest absolute Gasteiger partial charge is 0.239 e. The molecule has 0 radical (unpaired) electrons. The van der Waals surface area contributed by atoms with Crippen LogP contribution in [0.25, 0.3) is 0 Å². The van der Waals surface area contributed by atoms with E-state index in [1.165, 1.54) is 24.3 Å². The van der Waals surface area contributed by atoms with Crippen LogP contribution in [0.1, 0.15) is 52.2 Å². The maximum atomic E-state index is 12.9. The summed E-state index contributed by atoms with van der Waals surface area (Å²) in [7, 11) is 0. The molecule has 0 aliphatic rings. The fraction of sp³-hybridized carbons (Fsp3) is 0.556. The zero-order valence-electron chi connectivity index (χ0n) is 14.7. The van der Waals surface area contributed by atoms with Crippen molar-refractivity contribution in [3.63, 3.8) is 0 Å². The Labute approximate surface area is 142 Å². The topological polar surface area (TPSA) is 78.4 Å². The largest absolute Gasteiger partial charge is 0.388 e. The summed E-state index contributed by atoms with van der Waals surface area (Å²) in [5, 5.41) is 15.4. The lowest BCUT2D eigenvalue weighted by atomic mass is 9.92. The first kappa shape index (κ1) is 20.1. The summed E-state index contributed by atoms with van der Waals surface area (Å²) in [6.07, 6.45) is -0.150. The van der Waals surface area contributed by atoms with Gasteiger partial charge in [-0.05, 0) is 36.5 Å². The first-order valence-electron chi connectivity index (χ1n) is 8.06. The predicted octanol–water partition coefficient (Wildman–Crippen LogP) is 2.31. The number of amides is 2. The molecule has 0 aliphatic heterocycles. The maximum Gasteiger partial charge on any atom is 0.239 e. The molecule has 5 nitrogen and oxygen atoms in total. The lowest BCUT2D eigenvalue weighted by Gasteiger charge is -2.19. The van der Waals surface area contributed by atoms with Crippen LogP contribution in [0.2, 0.25) is 0 Å². The molecule has 24 heavy (non-hydrogen) atoms. The molecule has 2 atom stereocenters. The Morgan fingerprint density at radius 1 is 1.17 bits per heavy atom. The van der Waals surface area contributed by atoms with Crippen molar-refractivity contribution >= 4 is 11.8 Å². The Balaban J connectivity index is 2.36. The molecule has 2 amide bonds. The Hall–Kier alpha value is -1.95. The van der Waals surface area contributed by atoms with Crippen LogP contribution >= 0.6 is 0 Å². The van der Waals surface area contributed by atoms with Crippen molar-refractivity contribution in [2.45, 2.75) is 52.7 Å². The molecule has 1 rings (SSSR count). The fourth-order valence-electron chi connectivity index (χ4n) is 2.26. The lowest BCUT2D eigenvalue weighted by Crippen LogP contribution is -2.42. The SMILES string of the molecule is CC(CC(O)c1ccc(F)cc1)NC(=O)CNC(=O)CC(C)(C)C. The number of aliphatic hydroxyl groups excluding tert-OH is 1. The minimum Gasteiger partial charge on any atom is -0.388 e. The van der Waals surface area contributed by atoms with Gasteiger partial charge in [0.05, 0.1) is 12.6 Å². The van der Waals surface area contributed by atoms with Gasteiger partial charge in [0, 0.05) is 12.5 Å². The van der Waals surface area contributed by atoms with Gasteiger partial charge in [-0.1, -0.05) is 32.9 Å². The monoisotopic (exact) mass is 338 g/mol. The number of halogens is 1. The van der Waals surface area contributed by atoms with E-state index in [4.69, 9.17) is 0 Å². The molecule has 1 aromatic carbocycles. The Kier molecular flexibility index (Phi) is 7.35. The maximum absolute atomic E-state index is 12.9. The molecule has 134 valence electrons. The van der Waals surface area contributed by atoms with Crippen LogP contribution in [0, 0.1) is 11.2 Å². The van der Waals surface area contributed by atoms with Crippen molar-refractivity contribution in [3.8, 4) is 0 Å². The van der Waals surface area contributed by atoms with E-state index in [-0.39, 0.29) is 35.6 Å². The van der Waals surface area contributed by atoms with Gasteiger partial charge >= 0.3 is 0 Å². The van der Waals surface area contributed by atoms with Gasteiger partial charge < -0.3 is 15.7 Å². The van der Waals surface area contributed by atoms with Crippen molar-refractivity contribution < 1.29 is 19.1 Å². The highest BCUT2D eigenvalue weighted by molar-refractivity contribution is 5.84. The number of rotatable bonds is 7. The minimum atomic E-state index is -0.795. The summed E-state index contributed by atoms with van der Waals surface area (Å²) < 4.78 is 12.9. The van der Waals surface area contributed by atoms with Crippen molar-refractivity contribution in [2.75, 3.05) is 6.54 Å². The Morgan fingerprint density at radius 2 is 1.75 bits per heavy atom. The molecular formula is C18H27FN2O3. The van der Waals surface area contributed by atoms with Crippen LogP contribution in [0.4, 0.5) is 4.39 Å². The summed E-state index contributed by atoms with van der Waals surface area (Å²) in [5.74, 6) is -0.842. The normalized spacial score (nSPS) is 13.9. The molecule has 0 aliphatic carbocycles. The van der Waals surface area contributed by atoms with Gasteiger partial charge in [-0.2, -0.15) is 0 Å². The van der Waals surface area contributed by atoms with E-state index in [9.17, 15) is 19.1 Å². The highest BCUT2D eigenvalue weighted by Gasteiger charge is 2.18. The molecule has 1 aromatic rings. The zero-order chi connectivity index (χ0) is 18.3. The summed E-state index contributed by atoms with van der Waals surface area (Å²) >= 11 is 0. The van der Waals surface area contributed by atoms with Gasteiger partial charge in [-0.15, -0.1) is 0 Å². The van der Waals surface area contributed by atoms with Crippen molar-refractivity contribution in [2.24, 2.45) is 5.41 Å². The number of hydrogen-bond acceptors (Lipinski definition) is 3. The van der Waals surface area contributed by atoms with Gasteiger partial charge in [0.1, 0.15) is 5.82 Å². The van der Waals surface area contributed by atoms with Crippen LogP contribution in [-0.2, 0) is 9.59 Å². The van der Waals surface area contributed by atoms with E-state index in [1.807, 2.05) is 20.8 Å². The quantitative estimate of drug-likeness (QED) is 0.714. The third kappa shape index (κ3) is 8.06. The lowest BCUT2D eigenvalue weighted by molar-refractivity contribution is -0.127. The standard InChI is InChI=1S/C18H27FN2O3/c1-12(9-15(22)13-5-7-14(19)8-6-13)21-17(24)11-20-16(23)10-18(2,3)4/h5-8,12,15,22H,9-11H2,1-4H3,(H,20,23)(H,21,24). The second-order valence-corrected chi connectivity index (χ2v) is 7.29. The summed E-state index contributed by atoms with van der Waals surface area (Å²) in [4.78, 5) is 23.5. The number of hydrogen-bond donors (Lipinski definition) is 3. The van der Waals surface area contributed by atoms with Gasteiger partial charge in [0.25, 0.3) is 0 Å². The molecule has 6 heteroatoms. The predicted molar refractivity (Wildman–Crippen MR) is 90.7 cm³/mol. The molecule has 0 spiro atoms. The average Bonchev–Trinajstić information content (AvgIpc) is 2.43. The molecule has 0 aromatic heterocycles. The molecule has 0 fully saturated rings. The minimum absolute atomic E-state index is 0.0914. The molecule has 0 saturated carbocycles. The van der Waals surface area contributed by atoms with E-state index in [0.29, 0.717) is 18.4 Å². The van der Waals surface area contributed by atoms with Gasteiger partial charge in [0.2, 0.25) is 11.8 Å². The molecule has 3 N–H and O–H groups in total. The van der Waals surface area contributed by atoms with Crippen molar-refractivity contribution in [1.82, 2.24) is 10.6 Å². The van der Waals surface area contributed by atoms with Crippen LogP contribution in [0.15, 0.2) is 24.3 Å². The second-order valence-electron chi connectivity index (χ2n) is 7.29. The van der Waals surface area contributed by atoms with Crippen molar-refractivity contribution in [3.05, 3.63) is 35.6 Å². The van der Waals surface area contributed by atoms with Crippen LogP contribution in [0.5, 0.6) is 0 Å². The average molecular weight is 338 g/mol. The molecular weight excluding hydrogens is 311 g/mol. The molecule has 0 heterocycles. The molecule has 0 saturated heterocycles. The zero-order valence-corrected chi connectivity index (χ0v) is 14.7. The summed E-state index contributed by atoms with van der Waals surface area (Å²) in [6.45, 7) is 7.52. The first-order chi connectivity index (χ1) is 11.1. The third-order valence-electron chi connectivity index (χ3n) is 3.38. The highest BCUT2D eigenvalue weighted by atomic mass is 19.1. The van der Waals surface area contributed by atoms with Gasteiger partial charge in [0.15, 0.2) is 0 Å².